The van der Waals surface area contributed by atoms with Crippen LogP contribution in [0.3, 0.4) is 0 Å². The van der Waals surface area contributed by atoms with Gasteiger partial charge < -0.3 is 9.73 Å². The van der Waals surface area contributed by atoms with E-state index in [-0.39, 0.29) is 30.6 Å². The third-order valence-electron chi connectivity index (χ3n) is 5.44. The molecule has 0 radical (unpaired) electrons. The molecule has 0 bridgehead atoms. The summed E-state index contributed by atoms with van der Waals surface area (Å²) in [5.41, 5.74) is 0.286. The van der Waals surface area contributed by atoms with Crippen molar-refractivity contribution in [2.75, 3.05) is 13.1 Å². The molecule has 2 N–H and O–H groups in total. The molecule has 4 rings (SSSR count). The number of alkyl halides is 3. The molecule has 1 aromatic carbocycles. The lowest BCUT2D eigenvalue weighted by molar-refractivity contribution is -0.137. The summed E-state index contributed by atoms with van der Waals surface area (Å²) >= 11 is 0. The Morgan fingerprint density at radius 2 is 1.94 bits per heavy atom. The van der Waals surface area contributed by atoms with Gasteiger partial charge in [0.1, 0.15) is 5.69 Å². The first-order valence-corrected chi connectivity index (χ1v) is 11.6. The van der Waals surface area contributed by atoms with Crippen molar-refractivity contribution in [3.8, 4) is 11.5 Å². The topological polar surface area (TPSA) is 108 Å². The lowest BCUT2D eigenvalue weighted by Crippen LogP contribution is -2.45. The highest BCUT2D eigenvalue weighted by Gasteiger charge is 2.35. The van der Waals surface area contributed by atoms with Crippen LogP contribution in [0.15, 0.2) is 58.2 Å². The summed E-state index contributed by atoms with van der Waals surface area (Å²) in [5, 5.41) is 8.96. The van der Waals surface area contributed by atoms with Gasteiger partial charge in [-0.2, -0.15) is 22.6 Å². The van der Waals surface area contributed by atoms with Gasteiger partial charge >= 0.3 is 6.18 Å². The van der Waals surface area contributed by atoms with Crippen LogP contribution in [0, 0.1) is 5.92 Å². The number of nitrogens with zero attached hydrogens (tertiary/aromatic N) is 2. The maximum absolute atomic E-state index is 13.0. The maximum Gasteiger partial charge on any atom is 0.416 e. The highest BCUT2D eigenvalue weighted by molar-refractivity contribution is 7.89. The highest BCUT2D eigenvalue weighted by atomic mass is 32.2. The standard InChI is InChI=1S/C21H21F3N4O4S/c22-21(23,24)16-5-3-14(4-6-16)12-25-20(29)15-2-1-11-28(13-15)33(30,31)19-8-7-18(32-19)17-9-10-26-27-17/h3-10,15H,1-2,11-13H2,(H,25,29)(H,26,27)/t15-/m1/s1. The van der Waals surface area contributed by atoms with E-state index in [1.54, 1.807) is 6.07 Å². The number of hydrogen-bond donors (Lipinski definition) is 2. The first kappa shape index (κ1) is 23.1. The number of carbonyl (C=O) groups is 1. The predicted octanol–water partition coefficient (Wildman–Crippen LogP) is 3.41. The Hall–Kier alpha value is -3.12. The molecule has 12 heteroatoms. The first-order valence-electron chi connectivity index (χ1n) is 10.2. The van der Waals surface area contributed by atoms with Crippen molar-refractivity contribution >= 4 is 15.9 Å². The van der Waals surface area contributed by atoms with E-state index >= 15 is 0 Å². The van der Waals surface area contributed by atoms with Gasteiger partial charge in [-0.25, -0.2) is 8.42 Å². The van der Waals surface area contributed by atoms with Crippen molar-refractivity contribution in [3.05, 3.63) is 59.8 Å². The molecule has 8 nitrogen and oxygen atoms in total. The molecule has 3 aromatic rings. The summed E-state index contributed by atoms with van der Waals surface area (Å²) in [6, 6.07) is 9.05. The Morgan fingerprint density at radius 1 is 1.18 bits per heavy atom. The van der Waals surface area contributed by atoms with Crippen LogP contribution in [-0.4, -0.2) is 41.9 Å². The third-order valence-corrected chi connectivity index (χ3v) is 7.18. The Kier molecular flexibility index (Phi) is 6.30. The number of H-pyrrole nitrogens is 1. The lowest BCUT2D eigenvalue weighted by Gasteiger charge is -2.30. The zero-order chi connectivity index (χ0) is 23.6. The molecule has 1 atom stereocenters. The highest BCUT2D eigenvalue weighted by Crippen LogP contribution is 2.30. The number of furan rings is 1. The molecule has 1 aliphatic heterocycles. The first-order chi connectivity index (χ1) is 15.6. The molecule has 1 saturated heterocycles. The number of aromatic nitrogens is 2. The minimum Gasteiger partial charge on any atom is -0.442 e. The van der Waals surface area contributed by atoms with E-state index < -0.39 is 27.7 Å². The van der Waals surface area contributed by atoms with Gasteiger partial charge in [0, 0.05) is 25.8 Å². The normalized spacial score (nSPS) is 17.7. The van der Waals surface area contributed by atoms with Gasteiger partial charge in [-0.15, -0.1) is 0 Å². The molecular weight excluding hydrogens is 461 g/mol. The van der Waals surface area contributed by atoms with Gasteiger partial charge in [-0.1, -0.05) is 12.1 Å². The molecule has 1 amide bonds. The van der Waals surface area contributed by atoms with E-state index in [2.05, 4.69) is 15.5 Å². The van der Waals surface area contributed by atoms with Crippen LogP contribution >= 0.6 is 0 Å². The molecule has 3 heterocycles. The summed E-state index contributed by atoms with van der Waals surface area (Å²) in [6.45, 7) is 0.290. The zero-order valence-electron chi connectivity index (χ0n) is 17.3. The molecule has 1 aliphatic rings. The SMILES string of the molecule is O=C(NCc1ccc(C(F)(F)F)cc1)[C@@H]1CCCN(S(=O)(=O)c2ccc(-c3ccn[nH]3)o2)C1. The van der Waals surface area contributed by atoms with Crippen LogP contribution in [0.4, 0.5) is 13.2 Å². The minimum atomic E-state index is -4.42. The van der Waals surface area contributed by atoms with E-state index in [9.17, 15) is 26.4 Å². The van der Waals surface area contributed by atoms with Crippen molar-refractivity contribution in [3.63, 3.8) is 0 Å². The fourth-order valence-corrected chi connectivity index (χ4v) is 5.08. The van der Waals surface area contributed by atoms with E-state index in [0.717, 1.165) is 12.1 Å². The van der Waals surface area contributed by atoms with Crippen molar-refractivity contribution in [2.24, 2.45) is 5.92 Å². The average molecular weight is 482 g/mol. The smallest absolute Gasteiger partial charge is 0.416 e. The molecule has 0 saturated carbocycles. The van der Waals surface area contributed by atoms with E-state index in [4.69, 9.17) is 4.42 Å². The number of sulfonamides is 1. The number of nitrogens with one attached hydrogen (secondary N) is 2. The van der Waals surface area contributed by atoms with Crippen LogP contribution < -0.4 is 5.32 Å². The molecule has 0 unspecified atom stereocenters. The maximum atomic E-state index is 13.0. The summed E-state index contributed by atoms with van der Waals surface area (Å²) in [6.07, 6.45) is -1.91. The number of amides is 1. The summed E-state index contributed by atoms with van der Waals surface area (Å²) in [5.74, 6) is -0.605. The fourth-order valence-electron chi connectivity index (χ4n) is 3.64. The fraction of sp³-hybridized carbons (Fsp3) is 0.333. The summed E-state index contributed by atoms with van der Waals surface area (Å²) < 4.78 is 70.8. The summed E-state index contributed by atoms with van der Waals surface area (Å²) in [7, 11) is -3.94. The van der Waals surface area contributed by atoms with Crippen LogP contribution in [0.2, 0.25) is 0 Å². The largest absolute Gasteiger partial charge is 0.442 e. The van der Waals surface area contributed by atoms with Crippen molar-refractivity contribution in [1.82, 2.24) is 19.8 Å². The number of rotatable bonds is 6. The monoisotopic (exact) mass is 482 g/mol. The number of hydrogen-bond acceptors (Lipinski definition) is 5. The van der Waals surface area contributed by atoms with Gasteiger partial charge in [-0.3, -0.25) is 9.89 Å². The zero-order valence-corrected chi connectivity index (χ0v) is 18.1. The van der Waals surface area contributed by atoms with Gasteiger partial charge in [0.25, 0.3) is 10.0 Å². The number of halogens is 3. The van der Waals surface area contributed by atoms with Gasteiger partial charge in [0.05, 0.1) is 11.5 Å². The van der Waals surface area contributed by atoms with Gasteiger partial charge in [0.15, 0.2) is 5.76 Å². The van der Waals surface area contributed by atoms with Crippen molar-refractivity contribution in [1.29, 1.82) is 0 Å². The number of piperidine rings is 1. The van der Waals surface area contributed by atoms with Crippen LogP contribution in [0.5, 0.6) is 0 Å². The molecule has 0 aliphatic carbocycles. The van der Waals surface area contributed by atoms with Gasteiger partial charge in [-0.05, 0) is 48.7 Å². The molecule has 33 heavy (non-hydrogen) atoms. The molecule has 1 fully saturated rings. The molecular formula is C21H21F3N4O4S. The van der Waals surface area contributed by atoms with Crippen LogP contribution in [0.1, 0.15) is 24.0 Å². The van der Waals surface area contributed by atoms with E-state index in [1.807, 2.05) is 0 Å². The predicted molar refractivity (Wildman–Crippen MR) is 111 cm³/mol. The second kappa shape index (κ2) is 9.02. The third kappa shape index (κ3) is 5.11. The van der Waals surface area contributed by atoms with Crippen LogP contribution in [-0.2, 0) is 27.5 Å². The number of aromatic amines is 1. The average Bonchev–Trinajstić information content (AvgIpc) is 3.49. The molecule has 0 spiro atoms. The Balaban J connectivity index is 1.38. The number of benzene rings is 1. The van der Waals surface area contributed by atoms with E-state index in [0.29, 0.717) is 29.9 Å². The number of carbonyl (C=O) groups excluding carboxylic acids is 1. The van der Waals surface area contributed by atoms with Crippen molar-refractivity contribution in [2.45, 2.75) is 30.7 Å². The van der Waals surface area contributed by atoms with Gasteiger partial charge in [0.2, 0.25) is 11.0 Å². The molecule has 176 valence electrons. The minimum absolute atomic E-state index is 0.0126. The quantitative estimate of drug-likeness (QED) is 0.560. The second-order valence-corrected chi connectivity index (χ2v) is 9.57. The van der Waals surface area contributed by atoms with Crippen molar-refractivity contribution < 1.29 is 30.8 Å². The van der Waals surface area contributed by atoms with Crippen LogP contribution in [0.25, 0.3) is 11.5 Å². The lowest BCUT2D eigenvalue weighted by atomic mass is 9.98. The second-order valence-electron chi connectivity index (χ2n) is 7.70. The van der Waals surface area contributed by atoms with E-state index in [1.165, 1.54) is 34.8 Å². The Bertz CT molecular complexity index is 1210. The molecule has 2 aromatic heterocycles. The summed E-state index contributed by atoms with van der Waals surface area (Å²) in [4.78, 5) is 12.6. The Labute approximate surface area is 187 Å². The Morgan fingerprint density at radius 3 is 2.61 bits per heavy atom.